The molecule has 0 atom stereocenters. The lowest BCUT2D eigenvalue weighted by molar-refractivity contribution is 0.103. The number of nitrogens with one attached hydrogen (secondary N) is 1. The van der Waals surface area contributed by atoms with Gasteiger partial charge in [0.1, 0.15) is 0 Å². The summed E-state index contributed by atoms with van der Waals surface area (Å²) >= 11 is 0. The van der Waals surface area contributed by atoms with Gasteiger partial charge in [0.05, 0.1) is 6.61 Å². The molecule has 28 heavy (non-hydrogen) atoms. The Morgan fingerprint density at radius 3 is 2.46 bits per heavy atom. The van der Waals surface area contributed by atoms with Crippen molar-refractivity contribution in [1.82, 2.24) is 0 Å². The van der Waals surface area contributed by atoms with Crippen molar-refractivity contribution in [3.05, 3.63) is 83.4 Å². The van der Waals surface area contributed by atoms with E-state index in [0.29, 0.717) is 0 Å². The topological polar surface area (TPSA) is 52.6 Å². The Labute approximate surface area is 163 Å². The van der Waals surface area contributed by atoms with Gasteiger partial charge < -0.3 is 15.3 Å². The minimum Gasteiger partial charge on any atom is -0.392 e. The molecule has 5 rings (SSSR count). The van der Waals surface area contributed by atoms with Gasteiger partial charge in [0.2, 0.25) is 0 Å². The summed E-state index contributed by atoms with van der Waals surface area (Å²) in [5.41, 5.74) is 4.87. The number of nitrogens with zero attached hydrogens (tertiary/aromatic N) is 1. The molecule has 0 saturated heterocycles. The van der Waals surface area contributed by atoms with Gasteiger partial charge in [-0.1, -0.05) is 36.4 Å². The van der Waals surface area contributed by atoms with E-state index in [9.17, 15) is 9.90 Å². The summed E-state index contributed by atoms with van der Waals surface area (Å²) in [4.78, 5) is 14.4. The van der Waals surface area contributed by atoms with Gasteiger partial charge in [-0.15, -0.1) is 0 Å². The second kappa shape index (κ2) is 6.36. The molecule has 0 radical (unpaired) electrons. The van der Waals surface area contributed by atoms with Gasteiger partial charge in [-0.3, -0.25) is 4.79 Å². The Morgan fingerprint density at radius 1 is 0.929 bits per heavy atom. The molecule has 0 spiro atoms. The highest BCUT2D eigenvalue weighted by molar-refractivity contribution is 6.25. The van der Waals surface area contributed by atoms with Crippen molar-refractivity contribution in [2.75, 3.05) is 17.3 Å². The third kappa shape index (κ3) is 2.62. The van der Waals surface area contributed by atoms with Gasteiger partial charge in [-0.05, 0) is 52.2 Å². The van der Waals surface area contributed by atoms with Gasteiger partial charge >= 0.3 is 0 Å². The highest BCUT2D eigenvalue weighted by atomic mass is 16.3. The SMILES string of the molecule is CN(Cc1ccc2cc(CO)ccc2c1)c1ccc2c3c(cccc13)C(=O)N2. The molecule has 1 amide bonds. The molecule has 0 aromatic heterocycles. The standard InChI is InChI=1S/C24H20N2O2/c1-26(13-15-5-7-18-12-16(14-27)6-8-17(18)11-15)22-10-9-21-23-19(22)3-2-4-20(23)24(28)25-21/h2-12,27H,13-14H2,1H3,(H,25,28). The van der Waals surface area contributed by atoms with Crippen molar-refractivity contribution in [3.63, 3.8) is 0 Å². The molecule has 0 unspecified atom stereocenters. The van der Waals surface area contributed by atoms with Gasteiger partial charge in [0.25, 0.3) is 5.91 Å². The predicted molar refractivity (Wildman–Crippen MR) is 114 cm³/mol. The number of hydrogen-bond donors (Lipinski definition) is 2. The Balaban J connectivity index is 1.51. The average Bonchev–Trinajstić information content (AvgIpc) is 3.05. The number of amides is 1. The maximum atomic E-state index is 12.1. The first-order valence-corrected chi connectivity index (χ1v) is 9.35. The summed E-state index contributed by atoms with van der Waals surface area (Å²) in [6.07, 6.45) is 0. The normalized spacial score (nSPS) is 12.6. The van der Waals surface area contributed by atoms with Crippen LogP contribution >= 0.6 is 0 Å². The molecule has 0 bridgehead atoms. The smallest absolute Gasteiger partial charge is 0.256 e. The average molecular weight is 368 g/mol. The number of carbonyl (C=O) groups excluding carboxylic acids is 1. The van der Waals surface area contributed by atoms with E-state index in [1.165, 1.54) is 10.9 Å². The van der Waals surface area contributed by atoms with Crippen LogP contribution in [0.2, 0.25) is 0 Å². The quantitative estimate of drug-likeness (QED) is 0.550. The molecule has 0 saturated carbocycles. The largest absolute Gasteiger partial charge is 0.392 e. The first-order chi connectivity index (χ1) is 13.6. The molecule has 0 aliphatic carbocycles. The highest BCUT2D eigenvalue weighted by Crippen LogP contribution is 2.38. The zero-order chi connectivity index (χ0) is 19.3. The lowest BCUT2D eigenvalue weighted by Gasteiger charge is -2.22. The fourth-order valence-electron chi connectivity index (χ4n) is 4.11. The van der Waals surface area contributed by atoms with Crippen molar-refractivity contribution in [2.24, 2.45) is 0 Å². The molecule has 2 N–H and O–H groups in total. The summed E-state index contributed by atoms with van der Waals surface area (Å²) in [6.45, 7) is 0.820. The second-order valence-corrected chi connectivity index (χ2v) is 7.34. The summed E-state index contributed by atoms with van der Waals surface area (Å²) in [5, 5.41) is 16.6. The maximum Gasteiger partial charge on any atom is 0.256 e. The number of carbonyl (C=O) groups is 1. The fraction of sp³-hybridized carbons (Fsp3) is 0.125. The first-order valence-electron chi connectivity index (χ1n) is 9.35. The number of rotatable bonds is 4. The van der Waals surface area contributed by atoms with Crippen molar-refractivity contribution in [3.8, 4) is 0 Å². The van der Waals surface area contributed by atoms with Crippen molar-refractivity contribution < 1.29 is 9.90 Å². The van der Waals surface area contributed by atoms with Gasteiger partial charge in [-0.2, -0.15) is 0 Å². The molecule has 4 aromatic rings. The Morgan fingerprint density at radius 2 is 1.68 bits per heavy atom. The third-order valence-electron chi connectivity index (χ3n) is 5.49. The number of hydrogen-bond acceptors (Lipinski definition) is 3. The molecular weight excluding hydrogens is 348 g/mol. The van der Waals surface area contributed by atoms with Crippen LogP contribution in [0.1, 0.15) is 21.5 Å². The lowest BCUT2D eigenvalue weighted by atomic mass is 10.0. The van der Waals surface area contributed by atoms with Crippen molar-refractivity contribution in [2.45, 2.75) is 13.2 Å². The third-order valence-corrected chi connectivity index (χ3v) is 5.49. The van der Waals surface area contributed by atoms with Crippen LogP contribution in [0.25, 0.3) is 21.5 Å². The van der Waals surface area contributed by atoms with E-state index >= 15 is 0 Å². The highest BCUT2D eigenvalue weighted by Gasteiger charge is 2.23. The van der Waals surface area contributed by atoms with E-state index in [2.05, 4.69) is 53.7 Å². The van der Waals surface area contributed by atoms with Crippen LogP contribution in [-0.4, -0.2) is 18.1 Å². The molecule has 138 valence electrons. The summed E-state index contributed by atoms with van der Waals surface area (Å²) in [5.74, 6) is -0.0304. The lowest BCUT2D eigenvalue weighted by Crippen LogP contribution is -2.16. The van der Waals surface area contributed by atoms with Crippen LogP contribution in [0.5, 0.6) is 0 Å². The molecule has 0 fully saturated rings. The fourth-order valence-corrected chi connectivity index (χ4v) is 4.11. The number of fused-ring (bicyclic) bond motifs is 1. The Kier molecular flexibility index (Phi) is 3.81. The number of aliphatic hydroxyl groups is 1. The molecule has 1 aliphatic heterocycles. The van der Waals surface area contributed by atoms with E-state index in [0.717, 1.165) is 45.2 Å². The van der Waals surface area contributed by atoms with Crippen LogP contribution in [0, 0.1) is 0 Å². The summed E-state index contributed by atoms with van der Waals surface area (Å²) < 4.78 is 0. The zero-order valence-electron chi connectivity index (χ0n) is 15.6. The van der Waals surface area contributed by atoms with E-state index in [4.69, 9.17) is 0 Å². The van der Waals surface area contributed by atoms with Gasteiger partial charge in [0, 0.05) is 41.3 Å². The molecule has 1 heterocycles. The molecule has 4 aromatic carbocycles. The van der Waals surface area contributed by atoms with Crippen molar-refractivity contribution in [1.29, 1.82) is 0 Å². The monoisotopic (exact) mass is 368 g/mol. The Bertz CT molecular complexity index is 1250. The van der Waals surface area contributed by atoms with Crippen LogP contribution in [0.3, 0.4) is 0 Å². The van der Waals surface area contributed by atoms with E-state index in [-0.39, 0.29) is 12.5 Å². The summed E-state index contributed by atoms with van der Waals surface area (Å²) in [7, 11) is 2.08. The molecule has 4 nitrogen and oxygen atoms in total. The van der Waals surface area contributed by atoms with Crippen LogP contribution in [0.4, 0.5) is 11.4 Å². The van der Waals surface area contributed by atoms with Gasteiger partial charge in [0.15, 0.2) is 0 Å². The van der Waals surface area contributed by atoms with E-state index < -0.39 is 0 Å². The maximum absolute atomic E-state index is 12.1. The molecule has 4 heteroatoms. The molecule has 1 aliphatic rings. The first kappa shape index (κ1) is 16.8. The summed E-state index contributed by atoms with van der Waals surface area (Å²) in [6, 6.07) is 22.4. The van der Waals surface area contributed by atoms with Crippen LogP contribution in [0.15, 0.2) is 66.7 Å². The van der Waals surface area contributed by atoms with Crippen LogP contribution in [-0.2, 0) is 13.2 Å². The number of anilines is 2. The van der Waals surface area contributed by atoms with Gasteiger partial charge in [-0.25, -0.2) is 0 Å². The van der Waals surface area contributed by atoms with Crippen LogP contribution < -0.4 is 10.2 Å². The van der Waals surface area contributed by atoms with Crippen molar-refractivity contribution >= 4 is 38.8 Å². The Hall–Kier alpha value is -3.37. The number of benzene rings is 4. The van der Waals surface area contributed by atoms with E-state index in [1.807, 2.05) is 30.3 Å². The second-order valence-electron chi connectivity index (χ2n) is 7.34. The molecular formula is C24H20N2O2. The minimum atomic E-state index is -0.0304. The minimum absolute atomic E-state index is 0.0304. The number of aliphatic hydroxyl groups excluding tert-OH is 1. The zero-order valence-corrected chi connectivity index (χ0v) is 15.6. The predicted octanol–water partition coefficient (Wildman–Crippen LogP) is 4.69. The van der Waals surface area contributed by atoms with E-state index in [1.54, 1.807) is 0 Å².